The lowest BCUT2D eigenvalue weighted by Gasteiger charge is -2.47. The van der Waals surface area contributed by atoms with Gasteiger partial charge in [0.1, 0.15) is 24.0 Å². The predicted octanol–water partition coefficient (Wildman–Crippen LogP) is 5.79. The smallest absolute Gasteiger partial charge is 0.329 e. The number of cyclic esters (lactones) is 1. The van der Waals surface area contributed by atoms with Crippen LogP contribution < -0.4 is 0 Å². The lowest BCUT2D eigenvalue weighted by atomic mass is 9.81. The maximum absolute atomic E-state index is 14.3. The highest BCUT2D eigenvalue weighted by atomic mass is 16.7. The van der Waals surface area contributed by atoms with Crippen LogP contribution in [0, 0.1) is 29.6 Å². The van der Waals surface area contributed by atoms with Crippen molar-refractivity contribution >= 4 is 23.4 Å². The van der Waals surface area contributed by atoms with Crippen molar-refractivity contribution in [2.45, 2.75) is 167 Å². The van der Waals surface area contributed by atoms with Crippen LogP contribution >= 0.6 is 0 Å². The molecule has 3 heterocycles. The molecular weight excluding hydrogens is 748 g/mol. The van der Waals surface area contributed by atoms with E-state index in [1.807, 2.05) is 39.8 Å². The molecule has 0 spiro atoms. The standard InChI is InChI=1S/C43H68N4O11/c1-10-30-18-24(2)17-25(3)19-36(55-8)39-37(56-9)21-27(5)43(53,58-39)40(50)41(51)47-16-12-11-13-32(47)42(52)57-38(28(6)33(48)23-34(30)49)26(4)20-29-14-15-31(45-46-44)35(22-29)54-7/h18,20,25,27-33,35-39,48,53H,10-17,19,21-23H2,1-9H3. The highest BCUT2D eigenvalue weighted by Gasteiger charge is 2.56. The number of carbonyl (C=O) groups excluding carboxylic acids is 4. The van der Waals surface area contributed by atoms with Crippen LogP contribution in [-0.4, -0.2) is 121 Å². The molecule has 3 aliphatic heterocycles. The number of rotatable bonds is 7. The Kier molecular flexibility index (Phi) is 17.5. The molecule has 0 radical (unpaired) electrons. The van der Waals surface area contributed by atoms with Crippen molar-refractivity contribution in [3.8, 4) is 0 Å². The van der Waals surface area contributed by atoms with E-state index in [9.17, 15) is 29.4 Å². The minimum absolute atomic E-state index is 0.0206. The van der Waals surface area contributed by atoms with Gasteiger partial charge in [-0.25, -0.2) is 4.79 Å². The van der Waals surface area contributed by atoms with E-state index in [-0.39, 0.29) is 55.6 Å². The monoisotopic (exact) mass is 816 g/mol. The second-order valence-corrected chi connectivity index (χ2v) is 17.4. The Morgan fingerprint density at radius 3 is 2.31 bits per heavy atom. The van der Waals surface area contributed by atoms with Gasteiger partial charge in [-0.15, -0.1) is 0 Å². The quantitative estimate of drug-likeness (QED) is 0.0785. The minimum atomic E-state index is -2.51. The number of azide groups is 1. The van der Waals surface area contributed by atoms with Gasteiger partial charge in [-0.2, -0.15) is 0 Å². The first-order valence-corrected chi connectivity index (χ1v) is 21.2. The van der Waals surface area contributed by atoms with Crippen LogP contribution in [0.2, 0.25) is 0 Å². The Hall–Kier alpha value is -3.17. The van der Waals surface area contributed by atoms with E-state index in [1.165, 1.54) is 19.1 Å². The third-order valence-corrected chi connectivity index (χ3v) is 13.1. The van der Waals surface area contributed by atoms with Gasteiger partial charge < -0.3 is 38.8 Å². The molecule has 0 aromatic heterocycles. The van der Waals surface area contributed by atoms with Gasteiger partial charge in [0.05, 0.1) is 30.5 Å². The van der Waals surface area contributed by atoms with Crippen molar-refractivity contribution in [2.75, 3.05) is 27.9 Å². The van der Waals surface area contributed by atoms with Gasteiger partial charge in [-0.1, -0.05) is 50.5 Å². The van der Waals surface area contributed by atoms with Crippen LogP contribution in [0.25, 0.3) is 10.4 Å². The topological polar surface area (TPSA) is 207 Å². The molecular formula is C43H68N4O11. The first kappa shape index (κ1) is 47.5. The van der Waals surface area contributed by atoms with Crippen LogP contribution in [0.1, 0.15) is 112 Å². The molecule has 15 heteroatoms. The number of ether oxygens (including phenoxy) is 5. The van der Waals surface area contributed by atoms with Crippen molar-refractivity contribution in [2.24, 2.45) is 34.7 Å². The summed E-state index contributed by atoms with van der Waals surface area (Å²) in [6.07, 6.45) is 4.27. The number of methoxy groups -OCH3 is 3. The van der Waals surface area contributed by atoms with E-state index in [1.54, 1.807) is 21.0 Å². The van der Waals surface area contributed by atoms with Gasteiger partial charge in [0.25, 0.3) is 11.7 Å². The van der Waals surface area contributed by atoms with Crippen molar-refractivity contribution in [3.63, 3.8) is 0 Å². The normalized spacial score (nSPS) is 39.4. The van der Waals surface area contributed by atoms with Gasteiger partial charge in [0.2, 0.25) is 5.79 Å². The number of amides is 1. The van der Waals surface area contributed by atoms with Gasteiger partial charge in [0.15, 0.2) is 0 Å². The molecule has 2 bridgehead atoms. The number of allylic oxidation sites excluding steroid dienone is 3. The van der Waals surface area contributed by atoms with Crippen LogP contribution in [0.3, 0.4) is 0 Å². The number of hydrogen-bond acceptors (Lipinski definition) is 12. The first-order chi connectivity index (χ1) is 27.5. The Morgan fingerprint density at radius 2 is 1.67 bits per heavy atom. The summed E-state index contributed by atoms with van der Waals surface area (Å²) in [4.78, 5) is 60.8. The number of aliphatic hydroxyl groups is 2. The Morgan fingerprint density at radius 1 is 1.00 bits per heavy atom. The number of aliphatic hydroxyl groups excluding tert-OH is 1. The molecule has 2 saturated heterocycles. The summed E-state index contributed by atoms with van der Waals surface area (Å²) in [6, 6.07) is -1.45. The second-order valence-electron chi connectivity index (χ2n) is 17.4. The molecule has 14 unspecified atom stereocenters. The molecule has 0 aromatic rings. The number of Topliss-reactive ketones (excluding diaryl/α,β-unsaturated/α-hetero) is 2. The van der Waals surface area contributed by atoms with Gasteiger partial charge in [0, 0.05) is 57.0 Å². The summed E-state index contributed by atoms with van der Waals surface area (Å²) in [5, 5.41) is 27.6. The van der Waals surface area contributed by atoms with E-state index >= 15 is 0 Å². The molecule has 1 amide bonds. The SMILES string of the molecule is CCC1C=C(C)CC(C)CC(OC)C2OC(O)(C(=O)C(=O)N3CCCCC3C(=O)OC(C(C)=CC3CCC(N=[N+]=[N-])C(OC)C3)C(C)C(O)CC1=O)C(C)CC2OC. The molecule has 1 aliphatic carbocycles. The Balaban J connectivity index is 1.76. The highest BCUT2D eigenvalue weighted by molar-refractivity contribution is 6.39. The fourth-order valence-electron chi connectivity index (χ4n) is 9.59. The zero-order valence-electron chi connectivity index (χ0n) is 36.0. The largest absolute Gasteiger partial charge is 0.456 e. The van der Waals surface area contributed by atoms with Crippen LogP contribution in [-0.2, 0) is 42.9 Å². The Bertz CT molecular complexity index is 1560. The fraction of sp³-hybridized carbons (Fsp3) is 0.814. The summed E-state index contributed by atoms with van der Waals surface area (Å²) in [5.74, 6) is -7.61. The minimum Gasteiger partial charge on any atom is -0.456 e. The molecule has 2 N–H and O–H groups in total. The number of esters is 1. The number of carbonyl (C=O) groups is 4. The molecule has 3 fully saturated rings. The van der Waals surface area contributed by atoms with Gasteiger partial charge >= 0.3 is 5.97 Å². The van der Waals surface area contributed by atoms with E-state index in [0.29, 0.717) is 56.9 Å². The maximum Gasteiger partial charge on any atom is 0.329 e. The average molecular weight is 817 g/mol. The van der Waals surface area contributed by atoms with E-state index in [2.05, 4.69) is 10.0 Å². The predicted molar refractivity (Wildman–Crippen MR) is 215 cm³/mol. The maximum atomic E-state index is 14.3. The number of hydrogen-bond donors (Lipinski definition) is 2. The summed E-state index contributed by atoms with van der Waals surface area (Å²) >= 11 is 0. The third-order valence-electron chi connectivity index (χ3n) is 13.1. The first-order valence-electron chi connectivity index (χ1n) is 21.2. The van der Waals surface area contributed by atoms with E-state index < -0.39 is 77.8 Å². The summed E-state index contributed by atoms with van der Waals surface area (Å²) in [6.45, 7) is 11.2. The molecule has 58 heavy (non-hydrogen) atoms. The molecule has 1 saturated carbocycles. The Labute approximate surface area is 343 Å². The van der Waals surface area contributed by atoms with E-state index in [0.717, 1.165) is 5.57 Å². The summed E-state index contributed by atoms with van der Waals surface area (Å²) in [5.41, 5.74) is 10.7. The van der Waals surface area contributed by atoms with Crippen molar-refractivity contribution in [1.29, 1.82) is 0 Å². The van der Waals surface area contributed by atoms with Gasteiger partial charge in [-0.05, 0) is 101 Å². The number of fused-ring (bicyclic) bond motifs is 3. The zero-order chi connectivity index (χ0) is 42.9. The van der Waals surface area contributed by atoms with Crippen LogP contribution in [0.15, 0.2) is 28.4 Å². The van der Waals surface area contributed by atoms with Crippen molar-refractivity contribution in [3.05, 3.63) is 33.7 Å². The van der Waals surface area contributed by atoms with Gasteiger partial charge in [-0.3, -0.25) is 14.4 Å². The lowest BCUT2D eigenvalue weighted by molar-refractivity contribution is -0.302. The molecule has 15 nitrogen and oxygen atoms in total. The fourth-order valence-corrected chi connectivity index (χ4v) is 9.59. The van der Waals surface area contributed by atoms with Crippen LogP contribution in [0.4, 0.5) is 0 Å². The van der Waals surface area contributed by atoms with Crippen molar-refractivity contribution < 1.29 is 53.1 Å². The lowest BCUT2D eigenvalue weighted by Crippen LogP contribution is -2.64. The summed E-state index contributed by atoms with van der Waals surface area (Å²) < 4.78 is 29.9. The molecule has 4 rings (SSSR count). The molecule has 326 valence electrons. The summed E-state index contributed by atoms with van der Waals surface area (Å²) in [7, 11) is 4.63. The van der Waals surface area contributed by atoms with Crippen LogP contribution in [0.5, 0.6) is 0 Å². The van der Waals surface area contributed by atoms with E-state index in [4.69, 9.17) is 29.2 Å². The van der Waals surface area contributed by atoms with Crippen molar-refractivity contribution in [1.82, 2.24) is 4.90 Å². The molecule has 4 aliphatic rings. The highest BCUT2D eigenvalue weighted by Crippen LogP contribution is 2.39. The molecule has 14 atom stereocenters. The average Bonchev–Trinajstić information content (AvgIpc) is 3.20. The number of nitrogens with zero attached hydrogens (tertiary/aromatic N) is 4. The third kappa shape index (κ3) is 11.1. The number of ketones is 2. The number of piperidine rings is 1. The second kappa shape index (κ2) is 21.4. The molecule has 0 aromatic carbocycles. The zero-order valence-corrected chi connectivity index (χ0v) is 36.0.